The number of amides is 2. The third-order valence-corrected chi connectivity index (χ3v) is 7.22. The second-order valence-corrected chi connectivity index (χ2v) is 10.8. The summed E-state index contributed by atoms with van der Waals surface area (Å²) in [6, 6.07) is 42.7. The zero-order chi connectivity index (χ0) is 32.8. The molecule has 0 aliphatic heterocycles. The summed E-state index contributed by atoms with van der Waals surface area (Å²) in [4.78, 5) is 45.5. The Hall–Kier alpha value is -5.89. The smallest absolute Gasteiger partial charge is 0.329 e. The van der Waals surface area contributed by atoms with Crippen LogP contribution in [0.25, 0.3) is 0 Å². The Morgan fingerprint density at radius 3 is 1.66 bits per heavy atom. The van der Waals surface area contributed by atoms with Crippen LogP contribution in [0.5, 0.6) is 11.5 Å². The molecule has 0 bridgehead atoms. The minimum atomic E-state index is -0.605. The molecule has 0 aliphatic rings. The number of hydrogen-bond donors (Lipinski definition) is 0. The fourth-order valence-corrected chi connectivity index (χ4v) is 4.83. The van der Waals surface area contributed by atoms with Gasteiger partial charge in [0.05, 0.1) is 13.1 Å². The van der Waals surface area contributed by atoms with Crippen molar-refractivity contribution in [1.29, 1.82) is 0 Å². The number of benzene rings is 5. The van der Waals surface area contributed by atoms with Crippen molar-refractivity contribution in [2.24, 2.45) is 0 Å². The van der Waals surface area contributed by atoms with E-state index in [0.717, 1.165) is 21.8 Å². The molecule has 2 amide bonds. The van der Waals surface area contributed by atoms with E-state index in [1.807, 2.05) is 103 Å². The van der Waals surface area contributed by atoms with Gasteiger partial charge in [0.15, 0.2) is 0 Å². The summed E-state index contributed by atoms with van der Waals surface area (Å²) in [5.74, 6) is 0.0634. The Morgan fingerprint density at radius 1 is 0.532 bits per heavy atom. The van der Waals surface area contributed by atoms with Crippen molar-refractivity contribution in [3.05, 3.63) is 167 Å². The lowest BCUT2D eigenvalue weighted by atomic mass is 10.1. The van der Waals surface area contributed by atoms with Crippen molar-refractivity contribution in [2.45, 2.75) is 26.6 Å². The molecule has 0 N–H and O–H groups in total. The quantitative estimate of drug-likeness (QED) is 0.129. The fraction of sp³-hybridized carbons (Fsp3) is 0.154. The first-order valence-corrected chi connectivity index (χ1v) is 15.3. The van der Waals surface area contributed by atoms with Gasteiger partial charge in [-0.25, -0.2) is 0 Å². The summed E-state index contributed by atoms with van der Waals surface area (Å²) in [7, 11) is 0. The Kier molecular flexibility index (Phi) is 11.4. The maximum atomic E-state index is 13.3. The molecule has 238 valence electrons. The standard InChI is InChI=1S/C39H36N2O6/c1-30(42)47-41(28-32-17-21-37(22-18-32)46-29-33-13-7-3-8-14-33)39(44)35-19-23-36(24-20-35)45-26-25-40(27-31-11-5-2-6-12-31)38(43)34-15-9-4-10-16-34/h2-24H,25-29H2,1H3. The predicted octanol–water partition coefficient (Wildman–Crippen LogP) is 7.11. The zero-order valence-corrected chi connectivity index (χ0v) is 26.2. The Balaban J connectivity index is 1.17. The van der Waals surface area contributed by atoms with E-state index in [2.05, 4.69) is 0 Å². The average molecular weight is 629 g/mol. The van der Waals surface area contributed by atoms with E-state index in [4.69, 9.17) is 14.3 Å². The van der Waals surface area contributed by atoms with Crippen molar-refractivity contribution >= 4 is 17.8 Å². The summed E-state index contributed by atoms with van der Waals surface area (Å²) in [6.07, 6.45) is 0. The van der Waals surface area contributed by atoms with E-state index in [1.165, 1.54) is 6.92 Å². The number of nitrogens with zero attached hydrogens (tertiary/aromatic N) is 2. The lowest BCUT2D eigenvalue weighted by molar-refractivity contribution is -0.177. The molecule has 5 aromatic rings. The maximum absolute atomic E-state index is 13.3. The molecule has 0 aromatic heterocycles. The number of rotatable bonds is 13. The molecule has 0 saturated heterocycles. The van der Waals surface area contributed by atoms with Crippen molar-refractivity contribution < 1.29 is 28.7 Å². The third kappa shape index (κ3) is 9.80. The summed E-state index contributed by atoms with van der Waals surface area (Å²) >= 11 is 0. The van der Waals surface area contributed by atoms with Crippen LogP contribution in [0.15, 0.2) is 140 Å². The van der Waals surface area contributed by atoms with Crippen LogP contribution >= 0.6 is 0 Å². The second kappa shape index (κ2) is 16.4. The van der Waals surface area contributed by atoms with Gasteiger partial charge in [-0.2, -0.15) is 5.06 Å². The van der Waals surface area contributed by atoms with Gasteiger partial charge >= 0.3 is 5.97 Å². The predicted molar refractivity (Wildman–Crippen MR) is 178 cm³/mol. The molecule has 0 spiro atoms. The molecule has 5 rings (SSSR count). The maximum Gasteiger partial charge on any atom is 0.329 e. The highest BCUT2D eigenvalue weighted by molar-refractivity contribution is 5.94. The molecule has 0 aliphatic carbocycles. The minimum absolute atomic E-state index is 0.0579. The number of hydrogen-bond acceptors (Lipinski definition) is 6. The largest absolute Gasteiger partial charge is 0.492 e. The molecule has 47 heavy (non-hydrogen) atoms. The molecule has 0 saturated carbocycles. The lowest BCUT2D eigenvalue weighted by Crippen LogP contribution is -2.34. The molecule has 0 fully saturated rings. The Morgan fingerprint density at radius 2 is 1.04 bits per heavy atom. The molecular formula is C39H36N2O6. The van der Waals surface area contributed by atoms with Crippen molar-refractivity contribution in [1.82, 2.24) is 9.96 Å². The van der Waals surface area contributed by atoms with Gasteiger partial charge in [-0.1, -0.05) is 91.0 Å². The molecule has 0 atom stereocenters. The molecule has 8 nitrogen and oxygen atoms in total. The van der Waals surface area contributed by atoms with Crippen molar-refractivity contribution in [3.8, 4) is 11.5 Å². The van der Waals surface area contributed by atoms with Gasteiger partial charge in [-0.3, -0.25) is 14.4 Å². The van der Waals surface area contributed by atoms with E-state index in [1.54, 1.807) is 41.3 Å². The van der Waals surface area contributed by atoms with E-state index < -0.39 is 11.9 Å². The van der Waals surface area contributed by atoms with Crippen LogP contribution in [0.4, 0.5) is 0 Å². The van der Waals surface area contributed by atoms with Crippen LogP contribution in [0, 0.1) is 0 Å². The van der Waals surface area contributed by atoms with Gasteiger partial charge in [-0.15, -0.1) is 0 Å². The van der Waals surface area contributed by atoms with Crippen molar-refractivity contribution in [3.63, 3.8) is 0 Å². The number of ether oxygens (including phenoxy) is 2. The lowest BCUT2D eigenvalue weighted by Gasteiger charge is -2.23. The first kappa shape index (κ1) is 32.5. The molecule has 0 heterocycles. The van der Waals surface area contributed by atoms with Gasteiger partial charge in [0, 0.05) is 24.6 Å². The average Bonchev–Trinajstić information content (AvgIpc) is 3.11. The normalized spacial score (nSPS) is 10.5. The number of hydroxylamine groups is 2. The highest BCUT2D eigenvalue weighted by atomic mass is 16.7. The zero-order valence-electron chi connectivity index (χ0n) is 26.2. The van der Waals surface area contributed by atoms with Gasteiger partial charge in [0.2, 0.25) is 0 Å². The SMILES string of the molecule is CC(=O)ON(Cc1ccc(OCc2ccccc2)cc1)C(=O)c1ccc(OCCN(Cc2ccccc2)C(=O)c2ccccc2)cc1. The Bertz CT molecular complexity index is 1730. The van der Waals surface area contributed by atoms with Gasteiger partial charge in [0.1, 0.15) is 24.7 Å². The van der Waals surface area contributed by atoms with Gasteiger partial charge < -0.3 is 19.2 Å². The second-order valence-electron chi connectivity index (χ2n) is 10.8. The Labute approximate surface area is 274 Å². The highest BCUT2D eigenvalue weighted by Crippen LogP contribution is 2.19. The highest BCUT2D eigenvalue weighted by Gasteiger charge is 2.20. The van der Waals surface area contributed by atoms with E-state index in [-0.39, 0.29) is 19.1 Å². The van der Waals surface area contributed by atoms with Gasteiger partial charge in [0.25, 0.3) is 11.8 Å². The fourth-order valence-electron chi connectivity index (χ4n) is 4.83. The first-order valence-electron chi connectivity index (χ1n) is 15.3. The summed E-state index contributed by atoms with van der Waals surface area (Å²) in [6.45, 7) is 2.81. The van der Waals surface area contributed by atoms with Crippen molar-refractivity contribution in [2.75, 3.05) is 13.2 Å². The van der Waals surface area contributed by atoms with E-state index in [9.17, 15) is 14.4 Å². The molecule has 5 aromatic carbocycles. The number of carbonyl (C=O) groups excluding carboxylic acids is 3. The van der Waals surface area contributed by atoms with Gasteiger partial charge in [-0.05, 0) is 65.2 Å². The van der Waals surface area contributed by atoms with E-state index in [0.29, 0.717) is 42.3 Å². The van der Waals surface area contributed by atoms with Crippen LogP contribution in [0.1, 0.15) is 44.3 Å². The van der Waals surface area contributed by atoms with E-state index >= 15 is 0 Å². The topological polar surface area (TPSA) is 85.4 Å². The summed E-state index contributed by atoms with van der Waals surface area (Å²) < 4.78 is 11.8. The molecule has 0 unspecified atom stereocenters. The van der Waals surface area contributed by atoms with Crippen LogP contribution in [-0.2, 0) is 29.3 Å². The number of carbonyl (C=O) groups is 3. The summed E-state index contributed by atoms with van der Waals surface area (Å²) in [5, 5.41) is 1.04. The van der Waals surface area contributed by atoms with Crippen LogP contribution in [-0.4, -0.2) is 40.9 Å². The minimum Gasteiger partial charge on any atom is -0.492 e. The third-order valence-electron chi connectivity index (χ3n) is 7.22. The first-order chi connectivity index (χ1) is 22.9. The monoisotopic (exact) mass is 628 g/mol. The summed E-state index contributed by atoms with van der Waals surface area (Å²) in [5.41, 5.74) is 3.77. The molecular weight excluding hydrogens is 592 g/mol. The van der Waals surface area contributed by atoms with Crippen LogP contribution in [0.3, 0.4) is 0 Å². The molecule has 0 radical (unpaired) electrons. The molecule has 8 heteroatoms. The van der Waals surface area contributed by atoms with Crippen LogP contribution in [0.2, 0.25) is 0 Å². The van der Waals surface area contributed by atoms with Crippen LogP contribution < -0.4 is 9.47 Å².